The SMILES string of the molecule is CCCCNCC(C)OC(=O)C=C(C)C. The summed E-state index contributed by atoms with van der Waals surface area (Å²) in [6, 6.07) is 0. The molecule has 0 aromatic rings. The molecule has 1 unspecified atom stereocenters. The molecule has 88 valence electrons. The molecule has 0 aromatic carbocycles. The molecule has 3 heteroatoms. The first-order chi connectivity index (χ1) is 7.06. The Labute approximate surface area is 92.9 Å². The second-order valence-corrected chi connectivity index (χ2v) is 4.03. The zero-order chi connectivity index (χ0) is 11.7. The van der Waals surface area contributed by atoms with Crippen molar-refractivity contribution < 1.29 is 9.53 Å². The first kappa shape index (κ1) is 14.2. The second-order valence-electron chi connectivity index (χ2n) is 4.03. The molecule has 0 bridgehead atoms. The van der Waals surface area contributed by atoms with Crippen LogP contribution in [0.1, 0.15) is 40.5 Å². The van der Waals surface area contributed by atoms with Crippen molar-refractivity contribution >= 4 is 5.97 Å². The first-order valence-corrected chi connectivity index (χ1v) is 5.62. The number of nitrogens with one attached hydrogen (secondary N) is 1. The van der Waals surface area contributed by atoms with Gasteiger partial charge in [0.25, 0.3) is 0 Å². The van der Waals surface area contributed by atoms with Crippen LogP contribution >= 0.6 is 0 Å². The van der Waals surface area contributed by atoms with Crippen molar-refractivity contribution in [2.75, 3.05) is 13.1 Å². The minimum atomic E-state index is -0.250. The molecule has 0 saturated carbocycles. The Bertz CT molecular complexity index is 208. The van der Waals surface area contributed by atoms with Gasteiger partial charge in [-0.15, -0.1) is 0 Å². The van der Waals surface area contributed by atoms with E-state index >= 15 is 0 Å². The van der Waals surface area contributed by atoms with Crippen molar-refractivity contribution in [1.29, 1.82) is 0 Å². The lowest BCUT2D eigenvalue weighted by Gasteiger charge is -2.12. The summed E-state index contributed by atoms with van der Waals surface area (Å²) in [6.07, 6.45) is 3.79. The third-order valence-electron chi connectivity index (χ3n) is 1.86. The van der Waals surface area contributed by atoms with E-state index < -0.39 is 0 Å². The van der Waals surface area contributed by atoms with Crippen LogP contribution in [-0.4, -0.2) is 25.2 Å². The molecule has 0 fully saturated rings. The van der Waals surface area contributed by atoms with Crippen LogP contribution in [0.15, 0.2) is 11.6 Å². The van der Waals surface area contributed by atoms with Gasteiger partial charge in [0, 0.05) is 12.6 Å². The molecule has 15 heavy (non-hydrogen) atoms. The molecule has 1 N–H and O–H groups in total. The smallest absolute Gasteiger partial charge is 0.330 e. The minimum absolute atomic E-state index is 0.0649. The summed E-state index contributed by atoms with van der Waals surface area (Å²) in [7, 11) is 0. The normalized spacial score (nSPS) is 12.0. The van der Waals surface area contributed by atoms with Gasteiger partial charge in [-0.25, -0.2) is 4.79 Å². The quantitative estimate of drug-likeness (QED) is 0.400. The van der Waals surface area contributed by atoms with E-state index in [0.29, 0.717) is 0 Å². The van der Waals surface area contributed by atoms with Gasteiger partial charge in [-0.05, 0) is 33.7 Å². The number of carbonyl (C=O) groups excluding carboxylic acids is 1. The molecule has 1 atom stereocenters. The number of unbranched alkanes of at least 4 members (excludes halogenated alkanes) is 1. The molecule has 0 heterocycles. The average molecular weight is 213 g/mol. The molecule has 0 aliphatic rings. The van der Waals surface area contributed by atoms with Gasteiger partial charge in [0.05, 0.1) is 0 Å². The Hall–Kier alpha value is -0.830. The highest BCUT2D eigenvalue weighted by Crippen LogP contribution is 1.95. The summed E-state index contributed by atoms with van der Waals surface area (Å²) in [5, 5.41) is 3.25. The summed E-state index contributed by atoms with van der Waals surface area (Å²) in [6.45, 7) is 9.52. The van der Waals surface area contributed by atoms with E-state index in [1.54, 1.807) is 0 Å². The Balaban J connectivity index is 3.60. The lowest BCUT2D eigenvalue weighted by atomic mass is 10.3. The maximum atomic E-state index is 11.2. The van der Waals surface area contributed by atoms with Gasteiger partial charge in [-0.2, -0.15) is 0 Å². The van der Waals surface area contributed by atoms with Crippen molar-refractivity contribution in [3.63, 3.8) is 0 Å². The van der Waals surface area contributed by atoms with Crippen LogP contribution in [0, 0.1) is 0 Å². The number of esters is 1. The number of carbonyl (C=O) groups is 1. The van der Waals surface area contributed by atoms with Gasteiger partial charge in [0.2, 0.25) is 0 Å². The third-order valence-corrected chi connectivity index (χ3v) is 1.86. The molecular weight excluding hydrogens is 190 g/mol. The predicted molar refractivity (Wildman–Crippen MR) is 62.8 cm³/mol. The van der Waals surface area contributed by atoms with Gasteiger partial charge in [0.15, 0.2) is 0 Å². The van der Waals surface area contributed by atoms with Gasteiger partial charge in [0.1, 0.15) is 6.10 Å². The summed E-state index contributed by atoms with van der Waals surface area (Å²) in [5.74, 6) is -0.250. The van der Waals surface area contributed by atoms with E-state index in [0.717, 1.165) is 25.1 Å². The topological polar surface area (TPSA) is 38.3 Å². The van der Waals surface area contributed by atoms with E-state index in [1.165, 1.54) is 12.5 Å². The number of hydrogen-bond donors (Lipinski definition) is 1. The molecule has 0 aromatic heterocycles. The molecule has 0 radical (unpaired) electrons. The Morgan fingerprint density at radius 3 is 2.67 bits per heavy atom. The van der Waals surface area contributed by atoms with Crippen LogP contribution in [0.2, 0.25) is 0 Å². The van der Waals surface area contributed by atoms with Gasteiger partial charge in [-0.1, -0.05) is 18.9 Å². The molecular formula is C12H23NO2. The van der Waals surface area contributed by atoms with Gasteiger partial charge >= 0.3 is 5.97 Å². The number of rotatable bonds is 7. The molecule has 0 aliphatic carbocycles. The van der Waals surface area contributed by atoms with Crippen molar-refractivity contribution in [2.24, 2.45) is 0 Å². The monoisotopic (exact) mass is 213 g/mol. The average Bonchev–Trinajstić information content (AvgIpc) is 2.10. The third kappa shape index (κ3) is 9.47. The summed E-state index contributed by atoms with van der Waals surface area (Å²) < 4.78 is 5.16. The van der Waals surface area contributed by atoms with Crippen LogP contribution in [-0.2, 0) is 9.53 Å². The zero-order valence-corrected chi connectivity index (χ0v) is 10.3. The molecule has 0 amide bonds. The number of allylic oxidation sites excluding steroid dienone is 1. The lowest BCUT2D eigenvalue weighted by Crippen LogP contribution is -2.29. The van der Waals surface area contributed by atoms with Crippen molar-refractivity contribution in [3.05, 3.63) is 11.6 Å². The maximum Gasteiger partial charge on any atom is 0.330 e. The Morgan fingerprint density at radius 1 is 1.47 bits per heavy atom. The standard InChI is InChI=1S/C12H23NO2/c1-5-6-7-13-9-11(4)15-12(14)8-10(2)3/h8,11,13H,5-7,9H2,1-4H3. The minimum Gasteiger partial charge on any atom is -0.458 e. The zero-order valence-electron chi connectivity index (χ0n) is 10.3. The lowest BCUT2D eigenvalue weighted by molar-refractivity contribution is -0.142. The summed E-state index contributed by atoms with van der Waals surface area (Å²) in [4.78, 5) is 11.2. The van der Waals surface area contributed by atoms with Crippen LogP contribution in [0.3, 0.4) is 0 Å². The summed E-state index contributed by atoms with van der Waals surface area (Å²) in [5.41, 5.74) is 0.964. The van der Waals surface area contributed by atoms with E-state index in [9.17, 15) is 4.79 Å². The van der Waals surface area contributed by atoms with Gasteiger partial charge in [-0.3, -0.25) is 0 Å². The summed E-state index contributed by atoms with van der Waals surface area (Å²) >= 11 is 0. The molecule has 3 nitrogen and oxygen atoms in total. The highest BCUT2D eigenvalue weighted by molar-refractivity contribution is 5.82. The van der Waals surface area contributed by atoms with Crippen molar-refractivity contribution in [3.8, 4) is 0 Å². The Kier molecular flexibility index (Phi) is 8.01. The maximum absolute atomic E-state index is 11.2. The van der Waals surface area contributed by atoms with E-state index in [-0.39, 0.29) is 12.1 Å². The van der Waals surface area contributed by atoms with Crippen LogP contribution < -0.4 is 5.32 Å². The number of hydrogen-bond acceptors (Lipinski definition) is 3. The first-order valence-electron chi connectivity index (χ1n) is 5.62. The van der Waals surface area contributed by atoms with Crippen molar-refractivity contribution in [2.45, 2.75) is 46.6 Å². The largest absolute Gasteiger partial charge is 0.458 e. The number of ether oxygens (including phenoxy) is 1. The molecule has 0 spiro atoms. The highest BCUT2D eigenvalue weighted by atomic mass is 16.5. The fraction of sp³-hybridized carbons (Fsp3) is 0.750. The molecule has 0 rings (SSSR count). The van der Waals surface area contributed by atoms with E-state index in [1.807, 2.05) is 20.8 Å². The Morgan fingerprint density at radius 2 is 2.13 bits per heavy atom. The van der Waals surface area contributed by atoms with Crippen LogP contribution in [0.4, 0.5) is 0 Å². The molecule has 0 saturated heterocycles. The fourth-order valence-electron chi connectivity index (χ4n) is 1.12. The molecule has 0 aliphatic heterocycles. The fourth-order valence-corrected chi connectivity index (χ4v) is 1.12. The van der Waals surface area contributed by atoms with E-state index in [4.69, 9.17) is 4.74 Å². The van der Waals surface area contributed by atoms with Crippen molar-refractivity contribution in [1.82, 2.24) is 5.32 Å². The van der Waals surface area contributed by atoms with Gasteiger partial charge < -0.3 is 10.1 Å². The van der Waals surface area contributed by atoms with Crippen LogP contribution in [0.5, 0.6) is 0 Å². The van der Waals surface area contributed by atoms with E-state index in [2.05, 4.69) is 12.2 Å². The predicted octanol–water partition coefficient (Wildman–Crippen LogP) is 2.27. The van der Waals surface area contributed by atoms with Crippen LogP contribution in [0.25, 0.3) is 0 Å². The second kappa shape index (κ2) is 8.48. The highest BCUT2D eigenvalue weighted by Gasteiger charge is 2.05.